The molecule has 1 N–H and O–H groups in total. The maximum atomic E-state index is 5.23. The Hall–Kier alpha value is -0.940. The Morgan fingerprint density at radius 1 is 1.50 bits per heavy atom. The molecule has 1 aromatic carbocycles. The van der Waals surface area contributed by atoms with Crippen molar-refractivity contribution in [2.45, 2.75) is 18.1 Å². The van der Waals surface area contributed by atoms with Gasteiger partial charge < -0.3 is 10.1 Å². The lowest BCUT2D eigenvalue weighted by atomic mass is 10.2. The number of methoxy groups -OCH3 is 1. The van der Waals surface area contributed by atoms with Crippen LogP contribution < -0.4 is 10.1 Å². The molecule has 0 saturated carbocycles. The summed E-state index contributed by atoms with van der Waals surface area (Å²) < 4.78 is 6.40. The molecule has 3 rings (SSSR count). The minimum atomic E-state index is 0.756. The largest absolute Gasteiger partial charge is 0.497 e. The highest BCUT2D eigenvalue weighted by Crippen LogP contribution is 2.30. The first kappa shape index (κ1) is 12.1. The number of anilines is 1. The number of nitrogens with one attached hydrogen (secondary N) is 1. The van der Waals surface area contributed by atoms with Crippen LogP contribution in [0, 0.1) is 0 Å². The second-order valence-electron chi connectivity index (χ2n) is 4.37. The zero-order valence-corrected chi connectivity index (χ0v) is 11.9. The van der Waals surface area contributed by atoms with Crippen LogP contribution in [0.5, 0.6) is 5.75 Å². The van der Waals surface area contributed by atoms with Crippen LogP contribution in [-0.2, 0) is 0 Å². The van der Waals surface area contributed by atoms with Gasteiger partial charge in [0.2, 0.25) is 0 Å². The van der Waals surface area contributed by atoms with Gasteiger partial charge in [0.05, 0.1) is 17.3 Å². The maximum Gasteiger partial charge on any atom is 0.183 e. The molecule has 1 atom stereocenters. The van der Waals surface area contributed by atoms with Crippen molar-refractivity contribution in [3.8, 4) is 5.75 Å². The maximum absolute atomic E-state index is 5.23. The summed E-state index contributed by atoms with van der Waals surface area (Å²) in [5.74, 6) is 2.20. The summed E-state index contributed by atoms with van der Waals surface area (Å²) in [6, 6.07) is 6.02. The van der Waals surface area contributed by atoms with Crippen molar-refractivity contribution in [1.29, 1.82) is 0 Å². The second-order valence-corrected chi connectivity index (χ2v) is 6.81. The number of hydrogen-bond acceptors (Lipinski definition) is 5. The van der Waals surface area contributed by atoms with Crippen LogP contribution in [0.2, 0.25) is 0 Å². The van der Waals surface area contributed by atoms with Gasteiger partial charge >= 0.3 is 0 Å². The third-order valence-electron chi connectivity index (χ3n) is 3.10. The van der Waals surface area contributed by atoms with E-state index in [1.165, 1.54) is 23.3 Å². The molecule has 1 aromatic heterocycles. The first-order valence-electron chi connectivity index (χ1n) is 6.15. The van der Waals surface area contributed by atoms with Gasteiger partial charge in [-0.2, -0.15) is 11.8 Å². The van der Waals surface area contributed by atoms with Gasteiger partial charge in [0, 0.05) is 11.8 Å². The van der Waals surface area contributed by atoms with Crippen molar-refractivity contribution < 1.29 is 4.74 Å². The number of thiazole rings is 1. The number of nitrogens with zero attached hydrogens (tertiary/aromatic N) is 1. The molecule has 3 nitrogen and oxygen atoms in total. The summed E-state index contributed by atoms with van der Waals surface area (Å²) in [6.45, 7) is 1.03. The number of benzene rings is 1. The highest BCUT2D eigenvalue weighted by atomic mass is 32.2. The number of thioether (sulfide) groups is 1. The molecule has 5 heteroatoms. The summed E-state index contributed by atoms with van der Waals surface area (Å²) in [4.78, 5) is 4.59. The minimum absolute atomic E-state index is 0.756. The van der Waals surface area contributed by atoms with Gasteiger partial charge in [-0.3, -0.25) is 0 Å². The molecule has 0 spiro atoms. The first-order chi connectivity index (χ1) is 8.85. The summed E-state index contributed by atoms with van der Waals surface area (Å²) >= 11 is 3.77. The quantitative estimate of drug-likeness (QED) is 0.927. The van der Waals surface area contributed by atoms with Gasteiger partial charge in [0.1, 0.15) is 5.75 Å². The van der Waals surface area contributed by atoms with Gasteiger partial charge in [-0.15, -0.1) is 0 Å². The third kappa shape index (κ3) is 2.57. The summed E-state index contributed by atoms with van der Waals surface area (Å²) in [5, 5.41) is 5.23. The van der Waals surface area contributed by atoms with Crippen molar-refractivity contribution in [2.24, 2.45) is 0 Å². The van der Waals surface area contributed by atoms with E-state index in [4.69, 9.17) is 4.74 Å². The van der Waals surface area contributed by atoms with Crippen LogP contribution in [0.3, 0.4) is 0 Å². The predicted molar refractivity (Wildman–Crippen MR) is 80.1 cm³/mol. The summed E-state index contributed by atoms with van der Waals surface area (Å²) in [5.41, 5.74) is 1.04. The highest BCUT2D eigenvalue weighted by molar-refractivity contribution is 8.00. The Morgan fingerprint density at radius 3 is 3.22 bits per heavy atom. The van der Waals surface area contributed by atoms with Crippen LogP contribution in [0.15, 0.2) is 18.2 Å². The van der Waals surface area contributed by atoms with Crippen molar-refractivity contribution in [3.63, 3.8) is 0 Å². The molecule has 1 unspecified atom stereocenters. The van der Waals surface area contributed by atoms with Crippen LogP contribution in [-0.4, -0.2) is 29.6 Å². The third-order valence-corrected chi connectivity index (χ3v) is 5.47. The molecule has 0 amide bonds. The Labute approximate surface area is 115 Å². The lowest BCUT2D eigenvalue weighted by molar-refractivity contribution is 0.415. The molecular weight excluding hydrogens is 264 g/mol. The van der Waals surface area contributed by atoms with Crippen molar-refractivity contribution in [2.75, 3.05) is 24.7 Å². The van der Waals surface area contributed by atoms with Gasteiger partial charge in [0.15, 0.2) is 5.13 Å². The molecule has 2 heterocycles. The van der Waals surface area contributed by atoms with E-state index >= 15 is 0 Å². The predicted octanol–water partition coefficient (Wildman–Crippen LogP) is 3.61. The second kappa shape index (κ2) is 5.36. The topological polar surface area (TPSA) is 34.1 Å². The van der Waals surface area contributed by atoms with Crippen molar-refractivity contribution in [3.05, 3.63) is 18.2 Å². The van der Waals surface area contributed by atoms with E-state index in [9.17, 15) is 0 Å². The summed E-state index contributed by atoms with van der Waals surface area (Å²) in [6.07, 6.45) is 2.68. The molecule has 18 heavy (non-hydrogen) atoms. The van der Waals surface area contributed by atoms with Crippen LogP contribution in [0.25, 0.3) is 10.2 Å². The fourth-order valence-corrected chi connectivity index (χ4v) is 4.22. The average Bonchev–Trinajstić information content (AvgIpc) is 3.04. The Morgan fingerprint density at radius 2 is 2.44 bits per heavy atom. The SMILES string of the molecule is COc1ccc2nc(NCC3CCCS3)sc2c1. The van der Waals surface area contributed by atoms with Gasteiger partial charge in [-0.05, 0) is 36.8 Å². The van der Waals surface area contributed by atoms with Crippen LogP contribution in [0.1, 0.15) is 12.8 Å². The van der Waals surface area contributed by atoms with Crippen molar-refractivity contribution >= 4 is 38.4 Å². The Kier molecular flexibility index (Phi) is 3.61. The Balaban J connectivity index is 1.72. The first-order valence-corrected chi connectivity index (χ1v) is 8.02. The van der Waals surface area contributed by atoms with E-state index in [-0.39, 0.29) is 0 Å². The molecular formula is C13H16N2OS2. The van der Waals surface area contributed by atoms with Gasteiger partial charge in [-0.25, -0.2) is 4.98 Å². The van der Waals surface area contributed by atoms with Crippen LogP contribution >= 0.6 is 23.1 Å². The fraction of sp³-hybridized carbons (Fsp3) is 0.462. The standard InChI is InChI=1S/C13H16N2OS2/c1-16-9-4-5-11-12(7-9)18-13(15-11)14-8-10-3-2-6-17-10/h4-5,7,10H,2-3,6,8H2,1H3,(H,14,15). The summed E-state index contributed by atoms with van der Waals surface area (Å²) in [7, 11) is 1.69. The van der Waals surface area contributed by atoms with E-state index in [0.717, 1.165) is 28.2 Å². The number of rotatable bonds is 4. The van der Waals surface area contributed by atoms with E-state index in [2.05, 4.69) is 22.1 Å². The number of ether oxygens (including phenoxy) is 1. The lowest BCUT2D eigenvalue weighted by Gasteiger charge is -2.07. The molecule has 0 bridgehead atoms. The number of fused-ring (bicyclic) bond motifs is 1. The van der Waals surface area contributed by atoms with Gasteiger partial charge in [0.25, 0.3) is 0 Å². The molecule has 0 aliphatic carbocycles. The molecule has 1 saturated heterocycles. The van der Waals surface area contributed by atoms with E-state index < -0.39 is 0 Å². The molecule has 1 fully saturated rings. The number of aromatic nitrogens is 1. The normalized spacial score (nSPS) is 19.3. The Bertz CT molecular complexity index is 535. The monoisotopic (exact) mass is 280 g/mol. The van der Waals surface area contributed by atoms with Crippen molar-refractivity contribution in [1.82, 2.24) is 4.98 Å². The number of hydrogen-bond donors (Lipinski definition) is 1. The highest BCUT2D eigenvalue weighted by Gasteiger charge is 2.15. The van der Waals surface area contributed by atoms with E-state index in [1.807, 2.05) is 18.2 Å². The molecule has 0 radical (unpaired) electrons. The lowest BCUT2D eigenvalue weighted by Crippen LogP contribution is -2.13. The van der Waals surface area contributed by atoms with E-state index in [1.54, 1.807) is 18.4 Å². The van der Waals surface area contributed by atoms with E-state index in [0.29, 0.717) is 0 Å². The van der Waals surface area contributed by atoms with Crippen LogP contribution in [0.4, 0.5) is 5.13 Å². The molecule has 1 aliphatic heterocycles. The zero-order valence-electron chi connectivity index (χ0n) is 10.3. The average molecular weight is 280 g/mol. The smallest absolute Gasteiger partial charge is 0.183 e. The molecule has 96 valence electrons. The molecule has 1 aliphatic rings. The molecule has 2 aromatic rings. The van der Waals surface area contributed by atoms with Gasteiger partial charge in [-0.1, -0.05) is 11.3 Å². The minimum Gasteiger partial charge on any atom is -0.497 e. The zero-order chi connectivity index (χ0) is 12.4. The fourth-order valence-electron chi connectivity index (χ4n) is 2.11.